The SMILES string of the molecule is O=C(NCc1nnc2n1CCC2)Nc1ccc(Br)cc1. The van der Waals surface area contributed by atoms with Crippen molar-refractivity contribution in [1.29, 1.82) is 0 Å². The van der Waals surface area contributed by atoms with Crippen molar-refractivity contribution >= 4 is 27.6 Å². The van der Waals surface area contributed by atoms with E-state index in [4.69, 9.17) is 0 Å². The van der Waals surface area contributed by atoms with Crippen LogP contribution >= 0.6 is 15.9 Å². The van der Waals surface area contributed by atoms with Crippen LogP contribution in [0.1, 0.15) is 18.1 Å². The van der Waals surface area contributed by atoms with E-state index in [9.17, 15) is 4.79 Å². The number of benzene rings is 1. The van der Waals surface area contributed by atoms with Gasteiger partial charge in [0.2, 0.25) is 0 Å². The lowest BCUT2D eigenvalue weighted by atomic mass is 10.3. The summed E-state index contributed by atoms with van der Waals surface area (Å²) in [4.78, 5) is 11.8. The van der Waals surface area contributed by atoms with E-state index in [2.05, 4.69) is 41.3 Å². The fourth-order valence-corrected chi connectivity index (χ4v) is 2.47. The molecule has 2 aromatic rings. The first-order valence-electron chi connectivity index (χ1n) is 6.44. The van der Waals surface area contributed by atoms with E-state index < -0.39 is 0 Å². The van der Waals surface area contributed by atoms with E-state index in [-0.39, 0.29) is 6.03 Å². The van der Waals surface area contributed by atoms with Crippen molar-refractivity contribution < 1.29 is 4.79 Å². The normalized spacial score (nSPS) is 13.1. The number of fused-ring (bicyclic) bond motifs is 1. The molecular formula is C13H14BrN5O. The van der Waals surface area contributed by atoms with Crippen molar-refractivity contribution in [2.45, 2.75) is 25.9 Å². The lowest BCUT2D eigenvalue weighted by Gasteiger charge is -2.08. The maximum absolute atomic E-state index is 11.8. The minimum atomic E-state index is -0.248. The topological polar surface area (TPSA) is 71.8 Å². The van der Waals surface area contributed by atoms with E-state index >= 15 is 0 Å². The van der Waals surface area contributed by atoms with Crippen LogP contribution in [0.4, 0.5) is 10.5 Å². The van der Waals surface area contributed by atoms with Crippen LogP contribution in [-0.4, -0.2) is 20.8 Å². The van der Waals surface area contributed by atoms with Gasteiger partial charge < -0.3 is 15.2 Å². The van der Waals surface area contributed by atoms with E-state index in [0.717, 1.165) is 41.2 Å². The number of aryl methyl sites for hydroxylation is 1. The standard InChI is InChI=1S/C13H14BrN5O/c14-9-3-5-10(6-4-9)16-13(20)15-8-12-18-17-11-2-1-7-19(11)12/h3-6H,1-2,7-8H2,(H2,15,16,20). The van der Waals surface area contributed by atoms with Gasteiger partial charge in [-0.05, 0) is 30.7 Å². The van der Waals surface area contributed by atoms with Crippen LogP contribution in [0.15, 0.2) is 28.7 Å². The van der Waals surface area contributed by atoms with Crippen LogP contribution in [0.2, 0.25) is 0 Å². The van der Waals surface area contributed by atoms with Gasteiger partial charge in [-0.2, -0.15) is 0 Å². The van der Waals surface area contributed by atoms with Gasteiger partial charge in [-0.1, -0.05) is 15.9 Å². The minimum absolute atomic E-state index is 0.248. The van der Waals surface area contributed by atoms with Crippen LogP contribution in [-0.2, 0) is 19.5 Å². The second-order valence-electron chi connectivity index (χ2n) is 4.60. The number of nitrogens with zero attached hydrogens (tertiary/aromatic N) is 3. The van der Waals surface area contributed by atoms with Crippen LogP contribution in [0, 0.1) is 0 Å². The van der Waals surface area contributed by atoms with E-state index in [1.165, 1.54) is 0 Å². The predicted molar refractivity (Wildman–Crippen MR) is 78.3 cm³/mol. The third-order valence-corrected chi connectivity index (χ3v) is 3.72. The maximum atomic E-state index is 11.8. The molecule has 0 saturated carbocycles. The molecule has 20 heavy (non-hydrogen) atoms. The van der Waals surface area contributed by atoms with Gasteiger partial charge in [0, 0.05) is 23.1 Å². The number of nitrogens with one attached hydrogen (secondary N) is 2. The predicted octanol–water partition coefficient (Wildman–Crippen LogP) is 2.31. The Balaban J connectivity index is 1.55. The first-order valence-corrected chi connectivity index (χ1v) is 7.23. The highest BCUT2D eigenvalue weighted by molar-refractivity contribution is 9.10. The lowest BCUT2D eigenvalue weighted by molar-refractivity contribution is 0.251. The highest BCUT2D eigenvalue weighted by Crippen LogP contribution is 2.15. The monoisotopic (exact) mass is 335 g/mol. The third kappa shape index (κ3) is 2.82. The lowest BCUT2D eigenvalue weighted by Crippen LogP contribution is -2.29. The zero-order valence-electron chi connectivity index (χ0n) is 10.8. The van der Waals surface area contributed by atoms with Crippen LogP contribution in [0.25, 0.3) is 0 Å². The summed E-state index contributed by atoms with van der Waals surface area (Å²) in [5, 5.41) is 13.8. The molecule has 0 bridgehead atoms. The molecule has 6 nitrogen and oxygen atoms in total. The first-order chi connectivity index (χ1) is 9.72. The Bertz CT molecular complexity index is 622. The Morgan fingerprint density at radius 3 is 2.90 bits per heavy atom. The summed E-state index contributed by atoms with van der Waals surface area (Å²) in [5.41, 5.74) is 0.747. The van der Waals surface area contributed by atoms with Crippen LogP contribution in [0.3, 0.4) is 0 Å². The molecule has 0 spiro atoms. The summed E-state index contributed by atoms with van der Waals surface area (Å²) in [6.07, 6.45) is 2.07. The molecule has 1 aliphatic heterocycles. The second-order valence-corrected chi connectivity index (χ2v) is 5.52. The average Bonchev–Trinajstić information content (AvgIpc) is 3.02. The van der Waals surface area contributed by atoms with Gasteiger partial charge in [-0.3, -0.25) is 0 Å². The van der Waals surface area contributed by atoms with Gasteiger partial charge in [0.25, 0.3) is 0 Å². The molecule has 0 saturated heterocycles. The van der Waals surface area contributed by atoms with E-state index in [0.29, 0.717) is 6.54 Å². The molecule has 0 radical (unpaired) electrons. The molecule has 0 aliphatic carbocycles. The molecular weight excluding hydrogens is 322 g/mol. The molecule has 0 unspecified atom stereocenters. The molecule has 2 heterocycles. The van der Waals surface area contributed by atoms with E-state index in [1.807, 2.05) is 24.3 Å². The Morgan fingerprint density at radius 1 is 1.30 bits per heavy atom. The number of amides is 2. The summed E-state index contributed by atoms with van der Waals surface area (Å²) in [5.74, 6) is 1.82. The number of urea groups is 1. The van der Waals surface area contributed by atoms with Crippen LogP contribution < -0.4 is 10.6 Å². The second kappa shape index (κ2) is 5.62. The van der Waals surface area contributed by atoms with E-state index in [1.54, 1.807) is 0 Å². The van der Waals surface area contributed by atoms with Crippen molar-refractivity contribution in [2.24, 2.45) is 0 Å². The summed E-state index contributed by atoms with van der Waals surface area (Å²) in [6.45, 7) is 1.32. The molecule has 1 aliphatic rings. The molecule has 0 fully saturated rings. The smallest absolute Gasteiger partial charge is 0.319 e. The van der Waals surface area contributed by atoms with Crippen molar-refractivity contribution in [3.05, 3.63) is 40.4 Å². The minimum Gasteiger partial charge on any atom is -0.331 e. The van der Waals surface area contributed by atoms with Crippen molar-refractivity contribution in [3.63, 3.8) is 0 Å². The molecule has 104 valence electrons. The highest BCUT2D eigenvalue weighted by atomic mass is 79.9. The number of rotatable bonds is 3. The van der Waals surface area contributed by atoms with Gasteiger partial charge in [0.05, 0.1) is 6.54 Å². The number of anilines is 1. The Kier molecular flexibility index (Phi) is 3.68. The third-order valence-electron chi connectivity index (χ3n) is 3.20. The van der Waals surface area contributed by atoms with Crippen molar-refractivity contribution in [2.75, 3.05) is 5.32 Å². The van der Waals surface area contributed by atoms with Gasteiger partial charge >= 0.3 is 6.03 Å². The largest absolute Gasteiger partial charge is 0.331 e. The summed E-state index contributed by atoms with van der Waals surface area (Å²) in [6, 6.07) is 7.17. The van der Waals surface area contributed by atoms with Gasteiger partial charge in [-0.15, -0.1) is 10.2 Å². The summed E-state index contributed by atoms with van der Waals surface area (Å²) in [7, 11) is 0. The van der Waals surface area contributed by atoms with Gasteiger partial charge in [0.15, 0.2) is 5.82 Å². The molecule has 0 atom stereocenters. The average molecular weight is 336 g/mol. The Hall–Kier alpha value is -1.89. The number of carbonyl (C=O) groups excluding carboxylic acids is 1. The van der Waals surface area contributed by atoms with Crippen LogP contribution in [0.5, 0.6) is 0 Å². The number of aromatic nitrogens is 3. The molecule has 3 rings (SSSR count). The first kappa shape index (κ1) is 13.1. The molecule has 2 N–H and O–H groups in total. The molecule has 2 amide bonds. The summed E-state index contributed by atoms with van der Waals surface area (Å²) >= 11 is 3.35. The summed E-state index contributed by atoms with van der Waals surface area (Å²) < 4.78 is 3.04. The fraction of sp³-hybridized carbons (Fsp3) is 0.308. The fourth-order valence-electron chi connectivity index (χ4n) is 2.21. The highest BCUT2D eigenvalue weighted by Gasteiger charge is 2.17. The number of carbonyl (C=O) groups is 1. The Labute approximate surface area is 124 Å². The molecule has 1 aromatic carbocycles. The Morgan fingerprint density at radius 2 is 2.10 bits per heavy atom. The number of hydrogen-bond donors (Lipinski definition) is 2. The molecule has 1 aromatic heterocycles. The zero-order chi connectivity index (χ0) is 13.9. The van der Waals surface area contributed by atoms with Crippen molar-refractivity contribution in [3.8, 4) is 0 Å². The number of hydrogen-bond acceptors (Lipinski definition) is 3. The van der Waals surface area contributed by atoms with Gasteiger partial charge in [0.1, 0.15) is 5.82 Å². The quantitative estimate of drug-likeness (QED) is 0.904. The maximum Gasteiger partial charge on any atom is 0.319 e. The number of halogens is 1. The molecule has 7 heteroatoms. The van der Waals surface area contributed by atoms with Gasteiger partial charge in [-0.25, -0.2) is 4.79 Å². The van der Waals surface area contributed by atoms with Crippen molar-refractivity contribution in [1.82, 2.24) is 20.1 Å². The zero-order valence-corrected chi connectivity index (χ0v) is 12.4.